The van der Waals surface area contributed by atoms with Crippen LogP contribution in [0.5, 0.6) is 17.6 Å². The van der Waals surface area contributed by atoms with E-state index in [4.69, 9.17) is 21.1 Å². The molecule has 1 aliphatic carbocycles. The molecule has 1 saturated carbocycles. The number of nitrogens with zero attached hydrogens (tertiary/aromatic N) is 5. The second-order valence-electron chi connectivity index (χ2n) is 12.5. The van der Waals surface area contributed by atoms with E-state index in [1.807, 2.05) is 4.90 Å². The lowest BCUT2D eigenvalue weighted by Crippen LogP contribution is -2.46. The normalized spacial score (nSPS) is 25.7. The minimum absolute atomic E-state index is 0.00396. The molecule has 3 aliphatic heterocycles. The topological polar surface area (TPSA) is 104 Å². The van der Waals surface area contributed by atoms with Crippen LogP contribution < -0.4 is 14.4 Å². The molecule has 0 unspecified atom stereocenters. The lowest BCUT2D eigenvalue weighted by Gasteiger charge is -2.32. The van der Waals surface area contributed by atoms with Crippen LogP contribution in [0.25, 0.3) is 22.2 Å². The first kappa shape index (κ1) is 30.4. The molecule has 0 spiro atoms. The number of anilines is 1. The van der Waals surface area contributed by atoms with Gasteiger partial charge >= 0.3 is 12.2 Å². The fourth-order valence-electron chi connectivity index (χ4n) is 6.95. The van der Waals surface area contributed by atoms with Crippen LogP contribution >= 0.6 is 11.6 Å². The molecule has 0 bridgehead atoms. The minimum Gasteiger partial charge on any atom is -0.508 e. The molecule has 15 heteroatoms. The van der Waals surface area contributed by atoms with Crippen molar-refractivity contribution in [3.8, 4) is 28.9 Å². The number of rotatable bonds is 7. The minimum atomic E-state index is -4.93. The Bertz CT molecular complexity index is 1660. The highest BCUT2D eigenvalue weighted by Crippen LogP contribution is 2.50. The summed E-state index contributed by atoms with van der Waals surface area (Å²) in [6.45, 7) is 1.46. The number of phenols is 1. The number of β-amino-alcohol motifs (C(OH)–C–C–N with tert-alkyl or cyclic N) is 1. The zero-order valence-electron chi connectivity index (χ0n) is 24.2. The van der Waals surface area contributed by atoms with Gasteiger partial charge in [-0.05, 0) is 62.8 Å². The molecule has 3 aromatic rings. The van der Waals surface area contributed by atoms with Crippen LogP contribution in [0.4, 0.5) is 27.8 Å². The van der Waals surface area contributed by atoms with E-state index in [0.717, 1.165) is 19.3 Å². The summed E-state index contributed by atoms with van der Waals surface area (Å²) in [6.07, 6.45) is -5.31. The van der Waals surface area contributed by atoms with Gasteiger partial charge in [0.05, 0.1) is 18.1 Å². The number of aliphatic hydroxyl groups excluding tert-OH is 1. The molecule has 4 aliphatic rings. The molecule has 7 rings (SSSR count). The van der Waals surface area contributed by atoms with Crippen LogP contribution in [0.2, 0.25) is 5.02 Å². The van der Waals surface area contributed by atoms with Crippen LogP contribution in [-0.4, -0.2) is 92.9 Å². The van der Waals surface area contributed by atoms with E-state index < -0.39 is 42.4 Å². The van der Waals surface area contributed by atoms with Gasteiger partial charge in [0.2, 0.25) is 5.88 Å². The van der Waals surface area contributed by atoms with Crippen LogP contribution in [0, 0.1) is 5.82 Å². The van der Waals surface area contributed by atoms with Crippen molar-refractivity contribution >= 4 is 28.3 Å². The maximum atomic E-state index is 16.7. The smallest absolute Gasteiger partial charge is 0.416 e. The summed E-state index contributed by atoms with van der Waals surface area (Å²) in [7, 11) is 0. The molecule has 2 N–H and O–H groups in total. The van der Waals surface area contributed by atoms with Crippen molar-refractivity contribution < 1.29 is 41.6 Å². The molecule has 5 heterocycles. The second-order valence-corrected chi connectivity index (χ2v) is 12.9. The summed E-state index contributed by atoms with van der Waals surface area (Å²) in [5.74, 6) is -1.39. The first-order valence-corrected chi connectivity index (χ1v) is 15.3. The standard InChI is InChI=1S/C30H31ClF5N5O4/c1-14-12-44-27-22-25(23(33)24(37-27)18-7-17(42)8-19(31)21(18)15-3-4-15)38-28(39-26(22)41(14)11-20(43)30(34,35)36)45-13-29-5-2-6-40(29)10-16(32)9-29/h7-8,14-16,20,42-43H,2-6,9-13H2,1H3/t14-,16+,20-,29-/m0/s1. The van der Waals surface area contributed by atoms with E-state index in [9.17, 15) is 27.8 Å². The molecule has 1 aromatic carbocycles. The highest BCUT2D eigenvalue weighted by Gasteiger charge is 2.49. The molecule has 0 radical (unpaired) electrons. The second kappa shape index (κ2) is 10.9. The molecular formula is C30H31ClF5N5O4. The summed E-state index contributed by atoms with van der Waals surface area (Å²) in [4.78, 5) is 16.5. The van der Waals surface area contributed by atoms with Gasteiger partial charge in [-0.2, -0.15) is 23.1 Å². The number of ether oxygens (including phenoxy) is 2. The Hall–Kier alpha value is -3.23. The number of fused-ring (bicyclic) bond motifs is 1. The van der Waals surface area contributed by atoms with Crippen LogP contribution in [-0.2, 0) is 0 Å². The van der Waals surface area contributed by atoms with Gasteiger partial charge < -0.3 is 24.6 Å². The van der Waals surface area contributed by atoms with E-state index in [1.54, 1.807) is 6.92 Å². The molecule has 9 nitrogen and oxygen atoms in total. The number of aliphatic hydroxyl groups is 1. The molecule has 45 heavy (non-hydrogen) atoms. The van der Waals surface area contributed by atoms with E-state index >= 15 is 4.39 Å². The van der Waals surface area contributed by atoms with Gasteiger partial charge in [-0.1, -0.05) is 11.6 Å². The largest absolute Gasteiger partial charge is 0.508 e. The third-order valence-electron chi connectivity index (χ3n) is 9.31. The number of pyridine rings is 1. The van der Waals surface area contributed by atoms with E-state index in [1.165, 1.54) is 17.0 Å². The molecule has 242 valence electrons. The zero-order chi connectivity index (χ0) is 31.8. The Labute approximate surface area is 259 Å². The average molecular weight is 656 g/mol. The number of aromatic hydroxyl groups is 1. The van der Waals surface area contributed by atoms with Crippen molar-refractivity contribution in [3.63, 3.8) is 0 Å². The van der Waals surface area contributed by atoms with Gasteiger partial charge in [0.1, 0.15) is 47.5 Å². The van der Waals surface area contributed by atoms with Crippen molar-refractivity contribution in [2.75, 3.05) is 37.7 Å². The van der Waals surface area contributed by atoms with Gasteiger partial charge in [-0.15, -0.1) is 0 Å². The predicted octanol–water partition coefficient (Wildman–Crippen LogP) is 5.53. The van der Waals surface area contributed by atoms with Crippen molar-refractivity contribution in [1.29, 1.82) is 0 Å². The third-order valence-corrected chi connectivity index (χ3v) is 9.62. The van der Waals surface area contributed by atoms with Gasteiger partial charge in [0.15, 0.2) is 11.9 Å². The fraction of sp³-hybridized carbons (Fsp3) is 0.567. The number of alkyl halides is 4. The molecule has 0 amide bonds. The summed E-state index contributed by atoms with van der Waals surface area (Å²) in [6, 6.07) is 1.64. The Balaban J connectivity index is 1.39. The summed E-state index contributed by atoms with van der Waals surface area (Å²) in [5.41, 5.74) is -0.281. The fourth-order valence-corrected chi connectivity index (χ4v) is 7.32. The first-order valence-electron chi connectivity index (χ1n) is 14.9. The monoisotopic (exact) mass is 655 g/mol. The molecule has 2 aromatic heterocycles. The zero-order valence-corrected chi connectivity index (χ0v) is 25.0. The van der Waals surface area contributed by atoms with Crippen LogP contribution in [0.1, 0.15) is 50.5 Å². The van der Waals surface area contributed by atoms with E-state index in [-0.39, 0.29) is 82.7 Å². The lowest BCUT2D eigenvalue weighted by atomic mass is 9.95. The average Bonchev–Trinajstić information content (AvgIpc) is 3.68. The lowest BCUT2D eigenvalue weighted by molar-refractivity contribution is -0.200. The number of benzene rings is 1. The van der Waals surface area contributed by atoms with Crippen molar-refractivity contribution in [2.45, 2.75) is 75.0 Å². The highest BCUT2D eigenvalue weighted by atomic mass is 35.5. The molecular weight excluding hydrogens is 625 g/mol. The van der Waals surface area contributed by atoms with E-state index in [0.29, 0.717) is 18.5 Å². The van der Waals surface area contributed by atoms with Crippen molar-refractivity contribution in [1.82, 2.24) is 19.9 Å². The van der Waals surface area contributed by atoms with Gasteiger partial charge in [0.25, 0.3) is 0 Å². The SMILES string of the molecule is C[C@H]1COc2nc(-c3cc(O)cc(Cl)c3C3CC3)c(F)c3nc(OC[C@@]45CCCN4C[C@H](F)C5)nc(c23)N1C[C@H](O)C(F)(F)F. The van der Waals surface area contributed by atoms with E-state index in [2.05, 4.69) is 15.0 Å². The Morgan fingerprint density at radius 1 is 1.22 bits per heavy atom. The van der Waals surface area contributed by atoms with Gasteiger partial charge in [0, 0.05) is 23.6 Å². The van der Waals surface area contributed by atoms with Crippen LogP contribution in [0.15, 0.2) is 12.1 Å². The molecule has 2 saturated heterocycles. The summed E-state index contributed by atoms with van der Waals surface area (Å²) >= 11 is 6.49. The molecule has 4 atom stereocenters. The summed E-state index contributed by atoms with van der Waals surface area (Å²) in [5, 5.41) is 20.6. The first-order chi connectivity index (χ1) is 21.3. The maximum absolute atomic E-state index is 16.7. The number of aromatic nitrogens is 3. The third kappa shape index (κ3) is 5.38. The van der Waals surface area contributed by atoms with Gasteiger partial charge in [-0.25, -0.2) is 13.8 Å². The number of phenolic OH excluding ortho intramolecular Hbond substituents is 1. The Kier molecular flexibility index (Phi) is 7.40. The number of hydrogen-bond acceptors (Lipinski definition) is 9. The molecule has 3 fully saturated rings. The summed E-state index contributed by atoms with van der Waals surface area (Å²) < 4.78 is 83.6. The number of halogens is 6. The van der Waals surface area contributed by atoms with Gasteiger partial charge in [-0.3, -0.25) is 4.90 Å². The van der Waals surface area contributed by atoms with Crippen molar-refractivity contribution in [3.05, 3.63) is 28.5 Å². The maximum Gasteiger partial charge on any atom is 0.416 e. The Morgan fingerprint density at radius 3 is 2.73 bits per heavy atom. The van der Waals surface area contributed by atoms with Crippen LogP contribution in [0.3, 0.4) is 0 Å². The predicted molar refractivity (Wildman–Crippen MR) is 154 cm³/mol. The Morgan fingerprint density at radius 2 is 2.00 bits per heavy atom. The van der Waals surface area contributed by atoms with Crippen molar-refractivity contribution in [2.24, 2.45) is 0 Å². The number of hydrogen-bond donors (Lipinski definition) is 2. The highest BCUT2D eigenvalue weighted by molar-refractivity contribution is 6.32. The quantitative estimate of drug-likeness (QED) is 0.318.